The van der Waals surface area contributed by atoms with Gasteiger partial charge in [0.2, 0.25) is 5.91 Å². The summed E-state index contributed by atoms with van der Waals surface area (Å²) in [6.07, 6.45) is -9.10. The Bertz CT molecular complexity index is 950. The van der Waals surface area contributed by atoms with Crippen molar-refractivity contribution in [2.24, 2.45) is 0 Å². The summed E-state index contributed by atoms with van der Waals surface area (Å²) in [6.45, 7) is -1.53. The highest BCUT2D eigenvalue weighted by atomic mass is 79.9. The predicted molar refractivity (Wildman–Crippen MR) is 97.7 cm³/mol. The molecule has 1 aromatic heterocycles. The van der Waals surface area contributed by atoms with Crippen LogP contribution in [0.25, 0.3) is 11.4 Å². The highest BCUT2D eigenvalue weighted by molar-refractivity contribution is 9.12. The summed E-state index contributed by atoms with van der Waals surface area (Å²) in [5.41, 5.74) is -3.60. The lowest BCUT2D eigenvalue weighted by molar-refractivity contribution is -0.165. The Balaban J connectivity index is 1.87. The molecule has 2 atom stereocenters. The highest BCUT2D eigenvalue weighted by Gasteiger charge is 2.48. The second-order valence-corrected chi connectivity index (χ2v) is 8.59. The van der Waals surface area contributed by atoms with E-state index in [2.05, 4.69) is 41.9 Å². The van der Waals surface area contributed by atoms with Crippen molar-refractivity contribution in [1.29, 1.82) is 0 Å². The number of benzene rings is 1. The number of carbonyl (C=O) groups is 1. The normalized spacial score (nSPS) is 18.5. The van der Waals surface area contributed by atoms with Gasteiger partial charge in [-0.2, -0.15) is 26.3 Å². The first-order valence-electron chi connectivity index (χ1n) is 8.24. The molecule has 0 bridgehead atoms. The molecule has 1 saturated heterocycles. The monoisotopic (exact) mass is 584 g/mol. The zero-order valence-electron chi connectivity index (χ0n) is 14.9. The number of amides is 1. The van der Waals surface area contributed by atoms with Crippen LogP contribution in [0.2, 0.25) is 0 Å². The molecule has 0 N–H and O–H groups in total. The lowest BCUT2D eigenvalue weighted by atomic mass is 10.0. The smallest absolute Gasteiger partial charge is 0.329 e. The molecule has 1 fully saturated rings. The maximum atomic E-state index is 13.0. The summed E-state index contributed by atoms with van der Waals surface area (Å²) in [7, 11) is 0. The number of carbonyl (C=O) groups excluding carboxylic acids is 1. The number of alkyl halides is 10. The molecule has 0 saturated carbocycles. The van der Waals surface area contributed by atoms with E-state index in [1.807, 2.05) is 0 Å². The van der Waals surface area contributed by atoms with E-state index in [9.17, 15) is 39.9 Å². The Hall–Kier alpha value is -1.77. The molecule has 1 aliphatic heterocycles. The number of likely N-dealkylation sites (tertiary alicyclic amines) is 1. The van der Waals surface area contributed by atoms with Crippen molar-refractivity contribution in [3.05, 3.63) is 35.7 Å². The fraction of sp³-hybridized carbons (Fsp3) is 0.438. The fourth-order valence-electron chi connectivity index (χ4n) is 2.70. The van der Waals surface area contributed by atoms with Crippen LogP contribution in [0.5, 0.6) is 0 Å². The molecule has 5 nitrogen and oxygen atoms in total. The molecule has 1 amide bonds. The summed E-state index contributed by atoms with van der Waals surface area (Å²) in [5.74, 6) is -4.14. The first-order chi connectivity index (χ1) is 14.1. The Morgan fingerprint density at radius 2 is 1.52 bits per heavy atom. The van der Waals surface area contributed by atoms with Crippen LogP contribution in [-0.4, -0.2) is 49.4 Å². The third-order valence-corrected chi connectivity index (χ3v) is 6.79. The second-order valence-electron chi connectivity index (χ2n) is 6.67. The van der Waals surface area contributed by atoms with Crippen LogP contribution in [0, 0.1) is 0 Å². The molecule has 1 aliphatic rings. The van der Waals surface area contributed by atoms with Crippen molar-refractivity contribution in [2.45, 2.75) is 28.1 Å². The quantitative estimate of drug-likeness (QED) is 0.370. The lowest BCUT2D eigenvalue weighted by Gasteiger charge is -2.40. The van der Waals surface area contributed by atoms with Crippen LogP contribution < -0.4 is 0 Å². The van der Waals surface area contributed by atoms with Crippen molar-refractivity contribution in [2.75, 3.05) is 13.1 Å². The zero-order chi connectivity index (χ0) is 23.4. The number of hydrogen-bond acceptors (Lipinski definition) is 3. The first kappa shape index (κ1) is 23.9. The van der Waals surface area contributed by atoms with Crippen LogP contribution in [0.4, 0.5) is 35.1 Å². The Labute approximate surface area is 185 Å². The average molecular weight is 586 g/mol. The van der Waals surface area contributed by atoms with E-state index in [-0.39, 0.29) is 6.07 Å². The third-order valence-electron chi connectivity index (χ3n) is 4.24. The van der Waals surface area contributed by atoms with Crippen molar-refractivity contribution in [3.8, 4) is 11.4 Å². The second kappa shape index (κ2) is 7.98. The Kier molecular flexibility index (Phi) is 6.14. The SMILES string of the molecule is O=C(C(Br)C(Br)n1cnc(-c2cc(C(F)(F)F)cc(C(F)(F)F)c2)n1)N1CC(F)(F)C1. The third kappa shape index (κ3) is 5.18. The van der Waals surface area contributed by atoms with Crippen molar-refractivity contribution < 1.29 is 39.9 Å². The van der Waals surface area contributed by atoms with Crippen LogP contribution in [-0.2, 0) is 17.1 Å². The summed E-state index contributed by atoms with van der Waals surface area (Å²) < 4.78 is 105. The van der Waals surface area contributed by atoms with Crippen LogP contribution >= 0.6 is 31.9 Å². The van der Waals surface area contributed by atoms with Crippen molar-refractivity contribution in [3.63, 3.8) is 0 Å². The van der Waals surface area contributed by atoms with Gasteiger partial charge in [0.1, 0.15) is 16.1 Å². The van der Waals surface area contributed by atoms with Crippen LogP contribution in [0.3, 0.4) is 0 Å². The number of halogens is 10. The maximum absolute atomic E-state index is 13.0. The molecule has 0 radical (unpaired) electrons. The lowest BCUT2D eigenvalue weighted by Crippen LogP contribution is -2.60. The van der Waals surface area contributed by atoms with Crippen molar-refractivity contribution in [1.82, 2.24) is 19.7 Å². The molecule has 2 unspecified atom stereocenters. The minimum atomic E-state index is -5.04. The minimum absolute atomic E-state index is 0.0240. The molecular weight excluding hydrogens is 576 g/mol. The van der Waals surface area contributed by atoms with Gasteiger partial charge in [-0.25, -0.2) is 18.4 Å². The molecule has 2 aromatic rings. The van der Waals surface area contributed by atoms with E-state index in [4.69, 9.17) is 0 Å². The average Bonchev–Trinajstić information content (AvgIpc) is 3.12. The van der Waals surface area contributed by atoms with E-state index in [0.29, 0.717) is 12.1 Å². The molecule has 2 heterocycles. The van der Waals surface area contributed by atoms with Gasteiger partial charge in [-0.05, 0) is 18.2 Å². The molecule has 1 aromatic carbocycles. The zero-order valence-corrected chi connectivity index (χ0v) is 18.0. The number of aromatic nitrogens is 3. The Morgan fingerprint density at radius 3 is 1.97 bits per heavy atom. The van der Waals surface area contributed by atoms with Gasteiger partial charge in [-0.3, -0.25) is 4.79 Å². The van der Waals surface area contributed by atoms with Gasteiger partial charge in [0.25, 0.3) is 5.92 Å². The van der Waals surface area contributed by atoms with Gasteiger partial charge in [-0.15, -0.1) is 5.10 Å². The topological polar surface area (TPSA) is 51.0 Å². The highest BCUT2D eigenvalue weighted by Crippen LogP contribution is 2.38. The van der Waals surface area contributed by atoms with Crippen LogP contribution in [0.15, 0.2) is 24.5 Å². The van der Waals surface area contributed by atoms with E-state index in [1.54, 1.807) is 0 Å². The minimum Gasteiger partial charge on any atom is -0.329 e. The summed E-state index contributed by atoms with van der Waals surface area (Å²) in [4.78, 5) is 14.7. The first-order valence-corrected chi connectivity index (χ1v) is 10.1. The standard InChI is InChI=1S/C16H10Br2F8N4O/c17-10(13(31)29-4-14(19,20)5-29)11(18)30-6-27-12(28-30)7-1-8(15(21,22)23)3-9(2-7)16(24,25)26/h1-3,6,10-11H,4-5H2. The number of hydrogen-bond donors (Lipinski definition) is 0. The number of rotatable bonds is 4. The predicted octanol–water partition coefficient (Wildman–Crippen LogP) is 5.12. The van der Waals surface area contributed by atoms with E-state index < -0.39 is 69.6 Å². The fourth-order valence-corrected chi connectivity index (χ4v) is 3.66. The van der Waals surface area contributed by atoms with Gasteiger partial charge >= 0.3 is 12.4 Å². The van der Waals surface area contributed by atoms with Crippen LogP contribution in [0.1, 0.15) is 16.1 Å². The summed E-state index contributed by atoms with van der Waals surface area (Å²) >= 11 is 6.13. The molecule has 170 valence electrons. The van der Waals surface area contributed by atoms with Gasteiger partial charge in [0.05, 0.1) is 24.2 Å². The van der Waals surface area contributed by atoms with E-state index >= 15 is 0 Å². The Morgan fingerprint density at radius 1 is 1.00 bits per heavy atom. The molecule has 0 aliphatic carbocycles. The summed E-state index contributed by atoms with van der Waals surface area (Å²) in [5, 5.41) is 3.84. The van der Waals surface area contributed by atoms with E-state index in [1.165, 1.54) is 0 Å². The molecule has 15 heteroatoms. The van der Waals surface area contributed by atoms with Crippen molar-refractivity contribution >= 4 is 37.8 Å². The molecule has 3 rings (SSSR count). The molecule has 0 spiro atoms. The van der Waals surface area contributed by atoms with Gasteiger partial charge in [-0.1, -0.05) is 31.9 Å². The van der Waals surface area contributed by atoms with E-state index in [0.717, 1.165) is 15.9 Å². The molecule has 31 heavy (non-hydrogen) atoms. The maximum Gasteiger partial charge on any atom is 0.416 e. The largest absolute Gasteiger partial charge is 0.416 e. The number of nitrogens with zero attached hydrogens (tertiary/aromatic N) is 4. The molecular formula is C16H10Br2F8N4O. The van der Waals surface area contributed by atoms with Gasteiger partial charge in [0.15, 0.2) is 5.82 Å². The van der Waals surface area contributed by atoms with Gasteiger partial charge in [0, 0.05) is 5.56 Å². The van der Waals surface area contributed by atoms with Gasteiger partial charge < -0.3 is 4.90 Å². The summed E-state index contributed by atoms with van der Waals surface area (Å²) in [6, 6.07) is 0.915.